The molecule has 8 heteroatoms. The number of hydrogen-bond acceptors (Lipinski definition) is 4. The first-order valence-corrected chi connectivity index (χ1v) is 7.14. The Morgan fingerprint density at radius 2 is 1.92 bits per heavy atom. The number of rotatable bonds is 3. The first-order valence-electron chi connectivity index (χ1n) is 7.14. The number of benzene rings is 1. The van der Waals surface area contributed by atoms with Gasteiger partial charge in [0.25, 0.3) is 11.5 Å². The Bertz CT molecular complexity index is 959. The van der Waals surface area contributed by atoms with Gasteiger partial charge in [-0.3, -0.25) is 14.6 Å². The van der Waals surface area contributed by atoms with Crippen molar-refractivity contribution in [3.8, 4) is 5.95 Å². The number of aromatic nitrogens is 4. The summed E-state index contributed by atoms with van der Waals surface area (Å²) < 4.78 is 14.3. The highest BCUT2D eigenvalue weighted by molar-refractivity contribution is 6.02. The summed E-state index contributed by atoms with van der Waals surface area (Å²) in [6, 6.07) is 8.20. The summed E-state index contributed by atoms with van der Waals surface area (Å²) >= 11 is 0. The summed E-state index contributed by atoms with van der Waals surface area (Å²) in [5, 5.41) is 6.79. The molecule has 2 aromatic heterocycles. The molecule has 0 unspecified atom stereocenters. The lowest BCUT2D eigenvalue weighted by atomic mass is 10.3. The van der Waals surface area contributed by atoms with Crippen LogP contribution in [-0.2, 0) is 0 Å². The molecule has 7 nitrogen and oxygen atoms in total. The molecule has 0 aliphatic heterocycles. The molecule has 3 aromatic rings. The van der Waals surface area contributed by atoms with Crippen LogP contribution in [0.2, 0.25) is 0 Å². The first-order chi connectivity index (χ1) is 11.4. The monoisotopic (exact) mass is 327 g/mol. The van der Waals surface area contributed by atoms with E-state index in [-0.39, 0.29) is 11.6 Å². The van der Waals surface area contributed by atoms with Gasteiger partial charge >= 0.3 is 0 Å². The zero-order valence-electron chi connectivity index (χ0n) is 13.0. The number of anilines is 1. The van der Waals surface area contributed by atoms with E-state index >= 15 is 0 Å². The summed E-state index contributed by atoms with van der Waals surface area (Å²) in [6.07, 6.45) is 0. The van der Waals surface area contributed by atoms with Gasteiger partial charge < -0.3 is 5.32 Å². The minimum atomic E-state index is -0.574. The molecule has 24 heavy (non-hydrogen) atoms. The van der Waals surface area contributed by atoms with Crippen LogP contribution in [0.25, 0.3) is 5.95 Å². The lowest BCUT2D eigenvalue weighted by Gasteiger charge is -2.07. The molecule has 2 heterocycles. The third kappa shape index (κ3) is 3.22. The van der Waals surface area contributed by atoms with Crippen LogP contribution in [0.4, 0.5) is 10.1 Å². The molecule has 1 amide bonds. The topological polar surface area (TPSA) is 92.7 Å². The minimum Gasteiger partial charge on any atom is -0.321 e. The van der Waals surface area contributed by atoms with E-state index < -0.39 is 17.3 Å². The van der Waals surface area contributed by atoms with Crippen molar-refractivity contribution < 1.29 is 9.18 Å². The largest absolute Gasteiger partial charge is 0.321 e. The van der Waals surface area contributed by atoms with Crippen LogP contribution in [-0.4, -0.2) is 25.7 Å². The maximum absolute atomic E-state index is 12.9. The van der Waals surface area contributed by atoms with Crippen molar-refractivity contribution in [2.75, 3.05) is 5.32 Å². The molecule has 0 saturated heterocycles. The number of carbonyl (C=O) groups is 1. The van der Waals surface area contributed by atoms with Crippen molar-refractivity contribution in [1.29, 1.82) is 0 Å². The zero-order valence-corrected chi connectivity index (χ0v) is 13.0. The molecule has 0 spiro atoms. The van der Waals surface area contributed by atoms with Crippen molar-refractivity contribution in [3.05, 3.63) is 69.7 Å². The second kappa shape index (κ2) is 6.07. The molecule has 0 bridgehead atoms. The van der Waals surface area contributed by atoms with E-state index in [9.17, 15) is 14.0 Å². The summed E-state index contributed by atoms with van der Waals surface area (Å²) in [5.74, 6) is -0.832. The molecule has 2 N–H and O–H groups in total. The first kappa shape index (κ1) is 15.6. The van der Waals surface area contributed by atoms with Gasteiger partial charge in [0.15, 0.2) is 0 Å². The van der Waals surface area contributed by atoms with Crippen LogP contribution in [0.3, 0.4) is 0 Å². The summed E-state index contributed by atoms with van der Waals surface area (Å²) in [5.41, 5.74) is 1.39. The molecule has 3 rings (SSSR count). The lowest BCUT2D eigenvalue weighted by molar-refractivity contribution is 0.102. The minimum absolute atomic E-state index is 0.0642. The molecule has 0 fully saturated rings. The fourth-order valence-electron chi connectivity index (χ4n) is 2.23. The van der Waals surface area contributed by atoms with E-state index in [2.05, 4.69) is 20.4 Å². The van der Waals surface area contributed by atoms with Gasteiger partial charge in [0, 0.05) is 17.4 Å². The predicted octanol–water partition coefficient (Wildman–Crippen LogP) is 1.96. The standard InChI is InChI=1S/C16H14FN5O2/c1-9-7-10(2)22(21-9)16-19-13(8-14(23)20-16)15(24)18-12-5-3-11(17)4-6-12/h3-8H,1-2H3,(H,18,24)(H,19,20,23). The van der Waals surface area contributed by atoms with E-state index in [1.807, 2.05) is 19.9 Å². The maximum atomic E-state index is 12.9. The van der Waals surface area contributed by atoms with Gasteiger partial charge in [0.2, 0.25) is 5.95 Å². The van der Waals surface area contributed by atoms with E-state index in [1.54, 1.807) is 0 Å². The van der Waals surface area contributed by atoms with Crippen LogP contribution < -0.4 is 10.9 Å². The fraction of sp³-hybridized carbons (Fsp3) is 0.125. The quantitative estimate of drug-likeness (QED) is 0.769. The van der Waals surface area contributed by atoms with E-state index in [4.69, 9.17) is 0 Å². The van der Waals surface area contributed by atoms with Crippen LogP contribution in [0.5, 0.6) is 0 Å². The Labute approximate surface area is 136 Å². The van der Waals surface area contributed by atoms with Gasteiger partial charge in [-0.2, -0.15) is 5.10 Å². The molecular formula is C16H14FN5O2. The van der Waals surface area contributed by atoms with E-state index in [0.717, 1.165) is 17.5 Å². The number of halogens is 1. The van der Waals surface area contributed by atoms with Gasteiger partial charge in [-0.15, -0.1) is 0 Å². The number of carbonyl (C=O) groups excluding carboxylic acids is 1. The SMILES string of the molecule is Cc1cc(C)n(-c2nc(C(=O)Nc3ccc(F)cc3)cc(=O)[nH]2)n1. The summed E-state index contributed by atoms with van der Waals surface area (Å²) in [4.78, 5) is 30.8. The number of aromatic amines is 1. The summed E-state index contributed by atoms with van der Waals surface area (Å²) in [6.45, 7) is 3.62. The highest BCUT2D eigenvalue weighted by atomic mass is 19.1. The van der Waals surface area contributed by atoms with Gasteiger partial charge in [-0.25, -0.2) is 14.1 Å². The van der Waals surface area contributed by atoms with Gasteiger partial charge in [0.1, 0.15) is 11.5 Å². The Balaban J connectivity index is 1.93. The predicted molar refractivity (Wildman–Crippen MR) is 85.8 cm³/mol. The molecule has 0 radical (unpaired) electrons. The number of H-pyrrole nitrogens is 1. The third-order valence-electron chi connectivity index (χ3n) is 3.27. The van der Waals surface area contributed by atoms with Crippen molar-refractivity contribution in [2.45, 2.75) is 13.8 Å². The second-order valence-corrected chi connectivity index (χ2v) is 5.25. The van der Waals surface area contributed by atoms with Gasteiger partial charge in [-0.1, -0.05) is 0 Å². The smallest absolute Gasteiger partial charge is 0.274 e. The average Bonchev–Trinajstić information content (AvgIpc) is 2.87. The normalized spacial score (nSPS) is 10.6. The molecule has 0 saturated carbocycles. The molecule has 1 aromatic carbocycles. The number of nitrogens with zero attached hydrogens (tertiary/aromatic N) is 3. The van der Waals surface area contributed by atoms with E-state index in [0.29, 0.717) is 5.69 Å². The van der Waals surface area contributed by atoms with Crippen molar-refractivity contribution in [3.63, 3.8) is 0 Å². The van der Waals surface area contributed by atoms with Gasteiger partial charge in [0.05, 0.1) is 5.69 Å². The van der Waals surface area contributed by atoms with Crippen LogP contribution in [0.1, 0.15) is 21.9 Å². The number of amides is 1. The van der Waals surface area contributed by atoms with Crippen LogP contribution in [0.15, 0.2) is 41.2 Å². The molecule has 0 aliphatic carbocycles. The maximum Gasteiger partial charge on any atom is 0.274 e. The Morgan fingerprint density at radius 1 is 1.21 bits per heavy atom. The number of nitrogens with one attached hydrogen (secondary N) is 2. The van der Waals surface area contributed by atoms with Crippen molar-refractivity contribution in [1.82, 2.24) is 19.7 Å². The Morgan fingerprint density at radius 3 is 2.54 bits per heavy atom. The second-order valence-electron chi connectivity index (χ2n) is 5.25. The average molecular weight is 327 g/mol. The van der Waals surface area contributed by atoms with Crippen molar-refractivity contribution in [2.24, 2.45) is 0 Å². The Hall–Kier alpha value is -3.29. The number of aryl methyl sites for hydroxylation is 2. The van der Waals surface area contributed by atoms with Crippen LogP contribution in [0, 0.1) is 19.7 Å². The fourth-order valence-corrected chi connectivity index (χ4v) is 2.23. The molecule has 0 atom stereocenters. The highest BCUT2D eigenvalue weighted by Gasteiger charge is 2.13. The third-order valence-corrected chi connectivity index (χ3v) is 3.27. The Kier molecular flexibility index (Phi) is 3.95. The number of hydrogen-bond donors (Lipinski definition) is 2. The molecular weight excluding hydrogens is 313 g/mol. The van der Waals surface area contributed by atoms with Crippen LogP contribution >= 0.6 is 0 Å². The highest BCUT2D eigenvalue weighted by Crippen LogP contribution is 2.11. The lowest BCUT2D eigenvalue weighted by Crippen LogP contribution is -2.21. The zero-order chi connectivity index (χ0) is 17.3. The summed E-state index contributed by atoms with van der Waals surface area (Å²) in [7, 11) is 0. The molecule has 122 valence electrons. The van der Waals surface area contributed by atoms with Crippen molar-refractivity contribution >= 4 is 11.6 Å². The molecule has 0 aliphatic rings. The van der Waals surface area contributed by atoms with Gasteiger partial charge in [-0.05, 0) is 44.2 Å². The van der Waals surface area contributed by atoms with E-state index in [1.165, 1.54) is 28.9 Å².